The quantitative estimate of drug-likeness (QED) is 0.484. The molecule has 0 saturated carbocycles. The molecule has 2 aromatic carbocycles. The summed E-state index contributed by atoms with van der Waals surface area (Å²) in [5.74, 6) is -0.370. The number of carbonyl (C=O) groups excluding carboxylic acids is 1. The molecule has 7 heteroatoms. The monoisotopic (exact) mass is 417 g/mol. The fourth-order valence-corrected chi connectivity index (χ4v) is 3.47. The van der Waals surface area contributed by atoms with Gasteiger partial charge in [0.2, 0.25) is 0 Å². The second kappa shape index (κ2) is 8.95. The molecule has 6 nitrogen and oxygen atoms in total. The van der Waals surface area contributed by atoms with Gasteiger partial charge in [0.25, 0.3) is 5.91 Å². The van der Waals surface area contributed by atoms with E-state index in [1.807, 2.05) is 49.4 Å². The van der Waals surface area contributed by atoms with Gasteiger partial charge in [-0.25, -0.2) is 9.07 Å². The maximum atomic E-state index is 13.1. The number of nitrogens with zero attached hydrogens (tertiary/aromatic N) is 4. The normalized spacial score (nSPS) is 10.9. The van der Waals surface area contributed by atoms with E-state index in [1.54, 1.807) is 28.8 Å². The van der Waals surface area contributed by atoms with Gasteiger partial charge in [0.05, 0.1) is 11.4 Å². The number of aryl methyl sites for hydroxylation is 2. The molecule has 0 radical (unpaired) electrons. The first-order chi connectivity index (χ1) is 15.0. The number of para-hydroxylation sites is 1. The standard InChI is InChI=1S/C24H24FN5O/c1-17-15-23(28-30(17)21-8-4-3-5-9-21)24(31)29(2)14-6-7-20-16-22(27-26-20)18-10-12-19(25)13-11-18/h3-5,8-13,15-16H,6-7,14H2,1-2H3,(H,26,27). The Morgan fingerprint density at radius 3 is 2.58 bits per heavy atom. The molecular weight excluding hydrogens is 393 g/mol. The molecule has 31 heavy (non-hydrogen) atoms. The van der Waals surface area contributed by atoms with Crippen molar-refractivity contribution in [1.82, 2.24) is 24.9 Å². The van der Waals surface area contributed by atoms with Crippen molar-refractivity contribution in [2.24, 2.45) is 0 Å². The van der Waals surface area contributed by atoms with Crippen LogP contribution in [0.2, 0.25) is 0 Å². The van der Waals surface area contributed by atoms with Gasteiger partial charge in [-0.3, -0.25) is 9.89 Å². The van der Waals surface area contributed by atoms with E-state index in [0.717, 1.165) is 41.2 Å². The Labute approximate surface area is 180 Å². The van der Waals surface area contributed by atoms with E-state index >= 15 is 0 Å². The molecule has 2 heterocycles. The van der Waals surface area contributed by atoms with Crippen LogP contribution in [0.15, 0.2) is 66.7 Å². The Balaban J connectivity index is 1.34. The van der Waals surface area contributed by atoms with E-state index in [0.29, 0.717) is 12.2 Å². The zero-order chi connectivity index (χ0) is 21.8. The lowest BCUT2D eigenvalue weighted by Crippen LogP contribution is -2.28. The fourth-order valence-electron chi connectivity index (χ4n) is 3.47. The van der Waals surface area contributed by atoms with Gasteiger partial charge < -0.3 is 4.90 Å². The van der Waals surface area contributed by atoms with Crippen LogP contribution in [-0.4, -0.2) is 44.4 Å². The van der Waals surface area contributed by atoms with Crippen LogP contribution in [-0.2, 0) is 6.42 Å². The number of amides is 1. The summed E-state index contributed by atoms with van der Waals surface area (Å²) < 4.78 is 14.9. The molecule has 4 aromatic rings. The van der Waals surface area contributed by atoms with E-state index in [1.165, 1.54) is 12.1 Å². The largest absolute Gasteiger partial charge is 0.340 e. The van der Waals surface area contributed by atoms with Gasteiger partial charge in [-0.1, -0.05) is 18.2 Å². The summed E-state index contributed by atoms with van der Waals surface area (Å²) in [6.45, 7) is 2.54. The molecule has 4 rings (SSSR count). The first-order valence-corrected chi connectivity index (χ1v) is 10.2. The van der Waals surface area contributed by atoms with Crippen molar-refractivity contribution in [2.75, 3.05) is 13.6 Å². The van der Waals surface area contributed by atoms with Gasteiger partial charge in [-0.2, -0.15) is 10.2 Å². The van der Waals surface area contributed by atoms with Crippen molar-refractivity contribution >= 4 is 5.91 Å². The van der Waals surface area contributed by atoms with Crippen LogP contribution < -0.4 is 0 Å². The Morgan fingerprint density at radius 1 is 1.10 bits per heavy atom. The summed E-state index contributed by atoms with van der Waals surface area (Å²) in [6.07, 6.45) is 1.54. The lowest BCUT2D eigenvalue weighted by molar-refractivity contribution is 0.0787. The van der Waals surface area contributed by atoms with Crippen molar-refractivity contribution in [3.05, 3.63) is 89.6 Å². The minimum Gasteiger partial charge on any atom is -0.340 e. The van der Waals surface area contributed by atoms with E-state index in [-0.39, 0.29) is 11.7 Å². The van der Waals surface area contributed by atoms with Crippen LogP contribution in [0.4, 0.5) is 4.39 Å². The van der Waals surface area contributed by atoms with E-state index < -0.39 is 0 Å². The number of H-pyrrole nitrogens is 1. The van der Waals surface area contributed by atoms with E-state index in [2.05, 4.69) is 15.3 Å². The highest BCUT2D eigenvalue weighted by molar-refractivity contribution is 5.92. The zero-order valence-electron chi connectivity index (χ0n) is 17.5. The maximum Gasteiger partial charge on any atom is 0.274 e. The average Bonchev–Trinajstić information content (AvgIpc) is 3.41. The van der Waals surface area contributed by atoms with E-state index in [9.17, 15) is 9.18 Å². The highest BCUT2D eigenvalue weighted by atomic mass is 19.1. The Bertz CT molecular complexity index is 1160. The number of carbonyl (C=O) groups is 1. The molecule has 0 aliphatic heterocycles. The third-order valence-corrected chi connectivity index (χ3v) is 5.16. The highest BCUT2D eigenvalue weighted by Gasteiger charge is 2.17. The maximum absolute atomic E-state index is 13.1. The third-order valence-electron chi connectivity index (χ3n) is 5.16. The molecule has 0 atom stereocenters. The fraction of sp³-hybridized carbons (Fsp3) is 0.208. The number of halogens is 1. The predicted octanol–water partition coefficient (Wildman–Crippen LogP) is 4.41. The first kappa shape index (κ1) is 20.5. The predicted molar refractivity (Wildman–Crippen MR) is 118 cm³/mol. The second-order valence-corrected chi connectivity index (χ2v) is 7.53. The summed E-state index contributed by atoms with van der Waals surface area (Å²) in [5, 5.41) is 11.8. The topological polar surface area (TPSA) is 66.8 Å². The molecule has 0 spiro atoms. The SMILES string of the molecule is Cc1cc(C(=O)N(C)CCCc2cc(-c3ccc(F)cc3)n[nH]2)nn1-c1ccccc1. The molecule has 1 N–H and O–H groups in total. The molecule has 0 bridgehead atoms. The lowest BCUT2D eigenvalue weighted by atomic mass is 10.1. The highest BCUT2D eigenvalue weighted by Crippen LogP contribution is 2.19. The number of aromatic amines is 1. The van der Waals surface area contributed by atoms with Crippen molar-refractivity contribution in [3.8, 4) is 16.9 Å². The molecule has 0 aliphatic rings. The third kappa shape index (κ3) is 4.71. The summed E-state index contributed by atoms with van der Waals surface area (Å²) >= 11 is 0. The Morgan fingerprint density at radius 2 is 1.84 bits per heavy atom. The smallest absolute Gasteiger partial charge is 0.274 e. The molecule has 0 unspecified atom stereocenters. The Kier molecular flexibility index (Phi) is 5.93. The van der Waals surface area contributed by atoms with E-state index in [4.69, 9.17) is 0 Å². The van der Waals surface area contributed by atoms with Crippen LogP contribution in [0.25, 0.3) is 16.9 Å². The van der Waals surface area contributed by atoms with Gasteiger partial charge in [0, 0.05) is 30.5 Å². The second-order valence-electron chi connectivity index (χ2n) is 7.53. The molecule has 0 fully saturated rings. The first-order valence-electron chi connectivity index (χ1n) is 10.2. The lowest BCUT2D eigenvalue weighted by Gasteiger charge is -2.15. The van der Waals surface area contributed by atoms with Gasteiger partial charge in [0.1, 0.15) is 5.82 Å². The number of nitrogens with one attached hydrogen (secondary N) is 1. The van der Waals surface area contributed by atoms with Crippen molar-refractivity contribution in [2.45, 2.75) is 19.8 Å². The number of rotatable bonds is 7. The number of benzene rings is 2. The van der Waals surface area contributed by atoms with Crippen molar-refractivity contribution in [3.63, 3.8) is 0 Å². The number of hydrogen-bond acceptors (Lipinski definition) is 3. The molecule has 0 aliphatic carbocycles. The minimum absolute atomic E-state index is 0.102. The van der Waals surface area contributed by atoms with Gasteiger partial charge in [-0.15, -0.1) is 0 Å². The van der Waals surface area contributed by atoms with Crippen LogP contribution in [0, 0.1) is 12.7 Å². The summed E-state index contributed by atoms with van der Waals surface area (Å²) in [5.41, 5.74) is 4.89. The van der Waals surface area contributed by atoms with Crippen LogP contribution in [0.5, 0.6) is 0 Å². The average molecular weight is 417 g/mol. The molecule has 2 aromatic heterocycles. The van der Waals surface area contributed by atoms with Crippen LogP contribution in [0.3, 0.4) is 0 Å². The summed E-state index contributed by atoms with van der Waals surface area (Å²) in [6, 6.07) is 19.8. The van der Waals surface area contributed by atoms with Gasteiger partial charge in [0.15, 0.2) is 5.69 Å². The molecule has 1 amide bonds. The molecule has 0 saturated heterocycles. The Hall–Kier alpha value is -3.74. The minimum atomic E-state index is -0.268. The summed E-state index contributed by atoms with van der Waals surface area (Å²) in [7, 11) is 1.79. The van der Waals surface area contributed by atoms with Crippen LogP contribution in [0.1, 0.15) is 28.3 Å². The number of hydrogen-bond donors (Lipinski definition) is 1. The van der Waals surface area contributed by atoms with Crippen molar-refractivity contribution < 1.29 is 9.18 Å². The van der Waals surface area contributed by atoms with Gasteiger partial charge in [-0.05, 0) is 68.3 Å². The zero-order valence-corrected chi connectivity index (χ0v) is 17.5. The molecular formula is C24H24FN5O. The van der Waals surface area contributed by atoms with Gasteiger partial charge >= 0.3 is 0 Å². The van der Waals surface area contributed by atoms with Crippen molar-refractivity contribution in [1.29, 1.82) is 0 Å². The van der Waals surface area contributed by atoms with Crippen LogP contribution >= 0.6 is 0 Å². The molecule has 158 valence electrons. The number of aromatic nitrogens is 4. The summed E-state index contributed by atoms with van der Waals surface area (Å²) in [4.78, 5) is 14.5.